The molecular weight excluding hydrogens is 264 g/mol. The molecular formula is C14H15ClN2O2. The number of halogens is 1. The van der Waals surface area contributed by atoms with Gasteiger partial charge in [-0.25, -0.2) is 4.98 Å². The molecule has 0 saturated heterocycles. The van der Waals surface area contributed by atoms with Crippen LogP contribution in [-0.4, -0.2) is 11.6 Å². The Balaban J connectivity index is 2.31. The van der Waals surface area contributed by atoms with Crippen molar-refractivity contribution >= 4 is 11.6 Å². The smallest absolute Gasteiger partial charge is 0.238 e. The summed E-state index contributed by atoms with van der Waals surface area (Å²) in [5.41, 5.74) is 6.39. The number of ether oxygens (including phenoxy) is 2. The standard InChI is InChI=1S/C14H15ClN2O2/c1-2-18-11-5-3-4-6-12(11)19-14-13(15)10(9-16)7-8-17-14/h3-8H,2,9,16H2,1H3. The lowest BCUT2D eigenvalue weighted by Crippen LogP contribution is -2.00. The number of hydrogen-bond donors (Lipinski definition) is 1. The van der Waals surface area contributed by atoms with Crippen LogP contribution in [0.25, 0.3) is 0 Å². The first-order valence-corrected chi connectivity index (χ1v) is 6.37. The minimum atomic E-state index is 0.330. The summed E-state index contributed by atoms with van der Waals surface area (Å²) in [5, 5.41) is 0.427. The molecule has 0 saturated carbocycles. The van der Waals surface area contributed by atoms with Crippen molar-refractivity contribution in [1.29, 1.82) is 0 Å². The second-order valence-corrected chi connectivity index (χ2v) is 4.15. The predicted molar refractivity (Wildman–Crippen MR) is 74.8 cm³/mol. The van der Waals surface area contributed by atoms with Crippen molar-refractivity contribution in [3.63, 3.8) is 0 Å². The molecule has 0 spiro atoms. The van der Waals surface area contributed by atoms with Crippen LogP contribution < -0.4 is 15.2 Å². The maximum atomic E-state index is 6.18. The second-order valence-electron chi connectivity index (χ2n) is 3.78. The Morgan fingerprint density at radius 3 is 2.63 bits per heavy atom. The van der Waals surface area contributed by atoms with Gasteiger partial charge in [-0.3, -0.25) is 0 Å². The summed E-state index contributed by atoms with van der Waals surface area (Å²) in [6.45, 7) is 2.81. The molecule has 2 N–H and O–H groups in total. The van der Waals surface area contributed by atoms with E-state index in [9.17, 15) is 0 Å². The highest BCUT2D eigenvalue weighted by atomic mass is 35.5. The number of nitrogens with zero attached hydrogens (tertiary/aromatic N) is 1. The molecule has 0 unspecified atom stereocenters. The molecule has 1 aromatic carbocycles. The van der Waals surface area contributed by atoms with Crippen LogP contribution in [0.4, 0.5) is 0 Å². The van der Waals surface area contributed by atoms with E-state index in [1.807, 2.05) is 25.1 Å². The minimum Gasteiger partial charge on any atom is -0.490 e. The van der Waals surface area contributed by atoms with Crippen LogP contribution >= 0.6 is 11.6 Å². The molecule has 1 heterocycles. The summed E-state index contributed by atoms with van der Waals surface area (Å²) in [5.74, 6) is 1.56. The number of para-hydroxylation sites is 2. The van der Waals surface area contributed by atoms with Crippen molar-refractivity contribution < 1.29 is 9.47 Å². The molecule has 0 atom stereocenters. The van der Waals surface area contributed by atoms with Crippen LogP contribution in [0.2, 0.25) is 5.02 Å². The van der Waals surface area contributed by atoms with E-state index in [-0.39, 0.29) is 0 Å². The van der Waals surface area contributed by atoms with Crippen molar-refractivity contribution in [2.75, 3.05) is 6.61 Å². The second kappa shape index (κ2) is 6.41. The zero-order valence-corrected chi connectivity index (χ0v) is 11.4. The number of benzene rings is 1. The van der Waals surface area contributed by atoms with Crippen LogP contribution in [0, 0.1) is 0 Å². The lowest BCUT2D eigenvalue weighted by molar-refractivity contribution is 0.319. The third-order valence-electron chi connectivity index (χ3n) is 2.51. The molecule has 0 fully saturated rings. The Labute approximate surface area is 117 Å². The fraction of sp³-hybridized carbons (Fsp3) is 0.214. The quantitative estimate of drug-likeness (QED) is 0.911. The van der Waals surface area contributed by atoms with Crippen molar-refractivity contribution in [2.24, 2.45) is 5.73 Å². The number of hydrogen-bond acceptors (Lipinski definition) is 4. The van der Waals surface area contributed by atoms with Crippen molar-refractivity contribution in [2.45, 2.75) is 13.5 Å². The van der Waals surface area contributed by atoms with Gasteiger partial charge in [-0.1, -0.05) is 23.7 Å². The Hall–Kier alpha value is -1.78. The zero-order valence-electron chi connectivity index (χ0n) is 10.6. The van der Waals surface area contributed by atoms with E-state index in [0.29, 0.717) is 35.6 Å². The summed E-state index contributed by atoms with van der Waals surface area (Å²) in [6.07, 6.45) is 1.62. The molecule has 100 valence electrons. The topological polar surface area (TPSA) is 57.4 Å². The van der Waals surface area contributed by atoms with E-state index in [0.717, 1.165) is 5.56 Å². The van der Waals surface area contributed by atoms with Gasteiger partial charge >= 0.3 is 0 Å². The number of aromatic nitrogens is 1. The van der Waals surface area contributed by atoms with Gasteiger partial charge in [-0.05, 0) is 30.7 Å². The Morgan fingerprint density at radius 1 is 1.21 bits per heavy atom. The average Bonchev–Trinajstić information content (AvgIpc) is 2.43. The number of pyridine rings is 1. The molecule has 2 aromatic rings. The lowest BCUT2D eigenvalue weighted by atomic mass is 10.2. The van der Waals surface area contributed by atoms with Crippen molar-refractivity contribution in [1.82, 2.24) is 4.98 Å². The van der Waals surface area contributed by atoms with Crippen LogP contribution in [0.3, 0.4) is 0 Å². The van der Waals surface area contributed by atoms with Gasteiger partial charge in [-0.2, -0.15) is 0 Å². The SMILES string of the molecule is CCOc1ccccc1Oc1nccc(CN)c1Cl. The fourth-order valence-corrected chi connectivity index (χ4v) is 1.83. The molecule has 19 heavy (non-hydrogen) atoms. The van der Waals surface area contributed by atoms with Crippen LogP contribution in [0.5, 0.6) is 17.4 Å². The predicted octanol–water partition coefficient (Wildman–Crippen LogP) is 3.38. The van der Waals surface area contributed by atoms with Crippen LogP contribution in [-0.2, 0) is 6.54 Å². The van der Waals surface area contributed by atoms with Gasteiger partial charge in [0.1, 0.15) is 5.02 Å². The molecule has 4 nitrogen and oxygen atoms in total. The minimum absolute atomic E-state index is 0.330. The van der Waals surface area contributed by atoms with Crippen LogP contribution in [0.15, 0.2) is 36.5 Å². The third kappa shape index (κ3) is 3.16. The molecule has 0 radical (unpaired) electrons. The Morgan fingerprint density at radius 2 is 1.95 bits per heavy atom. The van der Waals surface area contributed by atoms with E-state index in [1.54, 1.807) is 18.3 Å². The van der Waals surface area contributed by atoms with Crippen molar-refractivity contribution in [3.05, 3.63) is 47.1 Å². The lowest BCUT2D eigenvalue weighted by Gasteiger charge is -2.12. The fourth-order valence-electron chi connectivity index (χ4n) is 1.60. The molecule has 0 aliphatic heterocycles. The first-order valence-electron chi connectivity index (χ1n) is 5.99. The average molecular weight is 279 g/mol. The maximum Gasteiger partial charge on any atom is 0.238 e. The summed E-state index contributed by atoms with van der Waals surface area (Å²) in [7, 11) is 0. The van der Waals surface area contributed by atoms with E-state index in [1.165, 1.54) is 0 Å². The van der Waals surface area contributed by atoms with E-state index >= 15 is 0 Å². The van der Waals surface area contributed by atoms with Gasteiger partial charge in [0.05, 0.1) is 6.61 Å². The maximum absolute atomic E-state index is 6.18. The highest BCUT2D eigenvalue weighted by Crippen LogP contribution is 2.34. The Bertz CT molecular complexity index is 561. The first kappa shape index (κ1) is 13.6. The van der Waals surface area contributed by atoms with Gasteiger partial charge in [0.2, 0.25) is 5.88 Å². The van der Waals surface area contributed by atoms with E-state index in [4.69, 9.17) is 26.8 Å². The molecule has 5 heteroatoms. The molecule has 2 rings (SSSR count). The normalized spacial score (nSPS) is 10.3. The summed E-state index contributed by atoms with van der Waals surface area (Å²) in [6, 6.07) is 9.14. The number of rotatable bonds is 5. The van der Waals surface area contributed by atoms with Crippen LogP contribution in [0.1, 0.15) is 12.5 Å². The number of nitrogens with two attached hydrogens (primary N) is 1. The molecule has 0 aliphatic rings. The summed E-state index contributed by atoms with van der Waals surface area (Å²) < 4.78 is 11.2. The summed E-state index contributed by atoms with van der Waals surface area (Å²) in [4.78, 5) is 4.12. The molecule has 0 aliphatic carbocycles. The third-order valence-corrected chi connectivity index (χ3v) is 2.92. The molecule has 1 aromatic heterocycles. The molecule has 0 bridgehead atoms. The molecule has 0 amide bonds. The first-order chi connectivity index (χ1) is 9.26. The highest BCUT2D eigenvalue weighted by molar-refractivity contribution is 6.32. The van der Waals surface area contributed by atoms with Gasteiger partial charge in [-0.15, -0.1) is 0 Å². The van der Waals surface area contributed by atoms with Gasteiger partial charge < -0.3 is 15.2 Å². The van der Waals surface area contributed by atoms with Crippen molar-refractivity contribution in [3.8, 4) is 17.4 Å². The van der Waals surface area contributed by atoms with Gasteiger partial charge in [0, 0.05) is 12.7 Å². The summed E-state index contributed by atoms with van der Waals surface area (Å²) >= 11 is 6.18. The van der Waals surface area contributed by atoms with Gasteiger partial charge in [0.15, 0.2) is 11.5 Å². The van der Waals surface area contributed by atoms with E-state index < -0.39 is 0 Å². The zero-order chi connectivity index (χ0) is 13.7. The van der Waals surface area contributed by atoms with E-state index in [2.05, 4.69) is 4.98 Å². The Kier molecular flexibility index (Phi) is 4.60. The highest BCUT2D eigenvalue weighted by Gasteiger charge is 2.11. The largest absolute Gasteiger partial charge is 0.490 e. The van der Waals surface area contributed by atoms with Gasteiger partial charge in [0.25, 0.3) is 0 Å². The monoisotopic (exact) mass is 278 g/mol.